The molecule has 10 heterocycles. The Labute approximate surface area is 610 Å². The van der Waals surface area contributed by atoms with Gasteiger partial charge in [0.2, 0.25) is 0 Å². The van der Waals surface area contributed by atoms with Crippen LogP contribution in [0.25, 0.3) is 99.3 Å². The van der Waals surface area contributed by atoms with Crippen LogP contribution in [0.3, 0.4) is 0 Å². The minimum atomic E-state index is -2.96. The highest BCUT2D eigenvalue weighted by Gasteiger charge is 2.28. The fourth-order valence-corrected chi connectivity index (χ4v) is 17.3. The lowest BCUT2D eigenvalue weighted by Crippen LogP contribution is -2.42. The van der Waals surface area contributed by atoms with Crippen molar-refractivity contribution in [2.24, 2.45) is 32.8 Å². The molecule has 1 aliphatic heterocycles. The number of aryl methyl sites for hydroxylation is 6. The van der Waals surface area contributed by atoms with Crippen molar-refractivity contribution in [2.75, 3.05) is 65.6 Å². The van der Waals surface area contributed by atoms with Crippen LogP contribution in [0.2, 0.25) is 0 Å². The SMILES string of the molecule is Cc1nnc(-c2cnc(-c3cccc(-c4cnn(C)c4)c3)nc2NC2CCC(CS(C)(=O)=O)CC2)s1.Cc1nnc(-c2cnc(-c3cccc(-c4cnn(C)c4)c3)nc2NC2CCC(N)CC2)s1.Cc1nnc(-c2cnc(-c3cccc(-c4cnn(C)c4)c3)nc2NCCN2CCS(=O)(=O)CC2)s1. The van der Waals surface area contributed by atoms with Gasteiger partial charge in [-0.15, -0.1) is 30.6 Å². The maximum Gasteiger partial charge on any atom is 0.161 e. The average molecular weight is 1480 g/mol. The number of nitrogens with zero attached hydrogens (tertiary/aromatic N) is 19. The number of hydrogen-bond acceptors (Lipinski definition) is 27. The zero-order valence-corrected chi connectivity index (χ0v) is 62.4. The van der Waals surface area contributed by atoms with Gasteiger partial charge in [0.05, 0.1) is 52.5 Å². The first kappa shape index (κ1) is 71.8. The third kappa shape index (κ3) is 18.8. The van der Waals surface area contributed by atoms with Crippen molar-refractivity contribution in [3.8, 4) is 99.3 Å². The van der Waals surface area contributed by atoms with E-state index in [4.69, 9.17) is 20.7 Å². The monoisotopic (exact) mass is 1480 g/mol. The fourth-order valence-electron chi connectivity index (χ4n) is 12.7. The highest BCUT2D eigenvalue weighted by Crippen LogP contribution is 2.38. The summed E-state index contributed by atoms with van der Waals surface area (Å²) in [7, 11) is -0.142. The maximum absolute atomic E-state index is 11.7. The number of benzene rings is 3. The van der Waals surface area contributed by atoms with Crippen molar-refractivity contribution in [2.45, 2.75) is 90.3 Å². The van der Waals surface area contributed by atoms with Gasteiger partial charge in [0.1, 0.15) is 42.3 Å². The van der Waals surface area contributed by atoms with Crippen LogP contribution in [0.1, 0.15) is 66.4 Å². The Kier molecular flexibility index (Phi) is 22.3. The summed E-state index contributed by atoms with van der Waals surface area (Å²) in [6, 6.07) is 25.3. The Bertz CT molecular complexity index is 5130. The van der Waals surface area contributed by atoms with E-state index in [1.165, 1.54) is 28.9 Å². The molecule has 15 rings (SSSR count). The molecule has 3 fully saturated rings. The Balaban J connectivity index is 0.000000138. The highest BCUT2D eigenvalue weighted by atomic mass is 32.2. The molecule has 12 aromatic rings. The fraction of sp³-hybridized carbons (Fsp3) is 0.366. The van der Waals surface area contributed by atoms with Gasteiger partial charge in [0.15, 0.2) is 42.3 Å². The quantitative estimate of drug-likeness (QED) is 0.0584. The van der Waals surface area contributed by atoms with Gasteiger partial charge in [0.25, 0.3) is 0 Å². The molecule has 534 valence electrons. The van der Waals surface area contributed by atoms with Crippen LogP contribution in [0.5, 0.6) is 0 Å². The van der Waals surface area contributed by atoms with Crippen LogP contribution in [-0.2, 0) is 40.8 Å². The van der Waals surface area contributed by atoms with Gasteiger partial charge in [0, 0.05) is 142 Å². The van der Waals surface area contributed by atoms with Gasteiger partial charge in [-0.2, -0.15) is 15.3 Å². The summed E-state index contributed by atoms with van der Waals surface area (Å²) in [6.07, 6.45) is 25.9. The number of nitrogens with two attached hydrogens (primary N) is 1. The van der Waals surface area contributed by atoms with Crippen molar-refractivity contribution in [1.29, 1.82) is 0 Å². The van der Waals surface area contributed by atoms with Crippen LogP contribution in [0.15, 0.2) is 129 Å². The van der Waals surface area contributed by atoms with Crippen molar-refractivity contribution in [3.63, 3.8) is 0 Å². The Morgan fingerprint density at radius 3 is 1.22 bits per heavy atom. The minimum absolute atomic E-state index is 0.207. The summed E-state index contributed by atoms with van der Waals surface area (Å²) in [4.78, 5) is 30.9. The highest BCUT2D eigenvalue weighted by molar-refractivity contribution is 7.91. The Morgan fingerprint density at radius 1 is 0.495 bits per heavy atom. The zero-order chi connectivity index (χ0) is 71.8. The van der Waals surface area contributed by atoms with E-state index < -0.39 is 19.7 Å². The molecule has 9 aromatic heterocycles. The van der Waals surface area contributed by atoms with E-state index in [1.807, 2.05) is 140 Å². The van der Waals surface area contributed by atoms with E-state index >= 15 is 0 Å². The number of rotatable bonds is 19. The van der Waals surface area contributed by atoms with Crippen LogP contribution in [0.4, 0.5) is 17.5 Å². The molecule has 0 atom stereocenters. The molecule has 0 amide bonds. The summed E-state index contributed by atoms with van der Waals surface area (Å²) in [5, 5.41) is 54.0. The third-order valence-corrected chi connectivity index (χ3v) is 23.4. The second-order valence-corrected chi connectivity index (χ2v) is 34.4. The predicted octanol–water partition coefficient (Wildman–Crippen LogP) is 11.0. The molecule has 1 saturated heterocycles. The normalized spacial score (nSPS) is 17.6. The smallest absolute Gasteiger partial charge is 0.161 e. The van der Waals surface area contributed by atoms with Crippen LogP contribution >= 0.6 is 34.0 Å². The lowest BCUT2D eigenvalue weighted by Gasteiger charge is -2.29. The number of aromatic nitrogens is 18. The molecular weight excluding hydrogens is 1400 g/mol. The standard InChI is InChI=1S/C25H29N7O2S2.C23H26N8O2S2.C23H26N8S/c1-16-30-31-25(35-16)22-13-26-23(19-6-4-5-18(11-19)20-12-27-32(2)14-20)29-24(22)28-21-9-7-17(8-10-21)15-36(3,33)34;1-16-28-29-23(34-16)20-14-25-21(18-5-3-4-17(12-18)19-13-26-30(2)15-19)27-22(20)24-6-7-31-8-10-35(32,33)11-9-31;1-14-29-30-23(32-14)20-12-25-21(28-22(20)27-19-8-6-18(24)7-9-19)16-5-3-4-15(10-16)17-11-26-31(2)13-17/h4-6,11-14,17,21H,7-10,15H2,1-3H3,(H,26,28,29);3-5,12-15H,6-11H2,1-2H3,(H,24,25,27);3-5,10-13,18-19H,6-9,24H2,1-2H3,(H,25,27,28). The summed E-state index contributed by atoms with van der Waals surface area (Å²) in [5.41, 5.74) is 17.7. The number of nitrogens with one attached hydrogen (secondary N) is 3. The van der Waals surface area contributed by atoms with Gasteiger partial charge in [-0.3, -0.25) is 18.9 Å². The average Bonchev–Trinajstić information content (AvgIpc) is 1.78. The predicted molar refractivity (Wildman–Crippen MR) is 406 cm³/mol. The van der Waals surface area contributed by atoms with E-state index in [1.54, 1.807) is 31.6 Å². The summed E-state index contributed by atoms with van der Waals surface area (Å²) in [6.45, 7) is 8.26. The van der Waals surface area contributed by atoms with E-state index in [9.17, 15) is 16.8 Å². The number of anilines is 3. The molecule has 5 N–H and O–H groups in total. The number of hydrogen-bond donors (Lipinski definition) is 4. The van der Waals surface area contributed by atoms with Crippen LogP contribution < -0.4 is 21.7 Å². The van der Waals surface area contributed by atoms with Crippen molar-refractivity contribution in [1.82, 2.24) is 94.7 Å². The van der Waals surface area contributed by atoms with Crippen LogP contribution in [-0.4, -0.2) is 179 Å². The van der Waals surface area contributed by atoms with E-state index in [2.05, 4.69) is 106 Å². The Morgan fingerprint density at radius 2 is 0.864 bits per heavy atom. The van der Waals surface area contributed by atoms with Crippen molar-refractivity contribution >= 4 is 71.1 Å². The molecule has 3 aromatic carbocycles. The molecule has 2 aliphatic carbocycles. The zero-order valence-electron chi connectivity index (χ0n) is 58.3. The van der Waals surface area contributed by atoms with Gasteiger partial charge >= 0.3 is 0 Å². The molecule has 0 spiro atoms. The molecule has 0 unspecified atom stereocenters. The molecule has 0 radical (unpaired) electrons. The van der Waals surface area contributed by atoms with Crippen molar-refractivity contribution < 1.29 is 16.8 Å². The second-order valence-electron chi connectivity index (χ2n) is 26.3. The van der Waals surface area contributed by atoms with Crippen LogP contribution in [0, 0.1) is 26.7 Å². The largest absolute Gasteiger partial charge is 0.368 e. The van der Waals surface area contributed by atoms with Crippen molar-refractivity contribution in [3.05, 3.63) is 144 Å². The number of sulfone groups is 2. The lowest BCUT2D eigenvalue weighted by molar-refractivity contribution is 0.307. The topological polar surface area (TPSA) is 342 Å². The first-order valence-corrected chi connectivity index (χ1v) is 40.4. The first-order chi connectivity index (χ1) is 49.6. The van der Waals surface area contributed by atoms with Gasteiger partial charge in [-0.25, -0.2) is 46.7 Å². The molecule has 27 nitrogen and oxygen atoms in total. The summed E-state index contributed by atoms with van der Waals surface area (Å²) >= 11 is 4.55. The molecule has 32 heteroatoms. The van der Waals surface area contributed by atoms with Gasteiger partial charge in [-0.05, 0) is 113 Å². The van der Waals surface area contributed by atoms with E-state index in [0.29, 0.717) is 55.0 Å². The van der Waals surface area contributed by atoms with E-state index in [-0.39, 0.29) is 29.2 Å². The minimum Gasteiger partial charge on any atom is -0.368 e. The molecule has 103 heavy (non-hydrogen) atoms. The molecule has 0 bridgehead atoms. The molecule has 2 saturated carbocycles. The van der Waals surface area contributed by atoms with Gasteiger partial charge < -0.3 is 21.7 Å². The summed E-state index contributed by atoms with van der Waals surface area (Å²) in [5.74, 6) is 5.04. The third-order valence-electron chi connectivity index (χ3n) is 18.1. The maximum atomic E-state index is 11.7. The first-order valence-electron chi connectivity index (χ1n) is 34.1. The molecule has 3 aliphatic rings. The van der Waals surface area contributed by atoms with E-state index in [0.717, 1.165) is 166 Å². The molecular formula is C71H81N23O4S5. The Hall–Kier alpha value is -9.57. The van der Waals surface area contributed by atoms with Gasteiger partial charge in [-0.1, -0.05) is 88.6 Å². The second kappa shape index (κ2) is 32.0. The lowest BCUT2D eigenvalue weighted by atomic mass is 9.87. The summed E-state index contributed by atoms with van der Waals surface area (Å²) < 4.78 is 52.2.